The summed E-state index contributed by atoms with van der Waals surface area (Å²) in [5, 5.41) is 2.65. The number of aromatic nitrogens is 2. The molecule has 2 rings (SSSR count). The predicted molar refractivity (Wildman–Crippen MR) is 79.7 cm³/mol. The van der Waals surface area contributed by atoms with Crippen molar-refractivity contribution in [2.24, 2.45) is 0 Å². The number of carbonyl (C=O) groups excluding carboxylic acids is 1. The van der Waals surface area contributed by atoms with E-state index in [1.807, 2.05) is 11.8 Å². The van der Waals surface area contributed by atoms with Gasteiger partial charge in [-0.25, -0.2) is 9.97 Å². The molecule has 1 aliphatic rings. The second kappa shape index (κ2) is 6.07. The molecule has 1 aromatic heterocycles. The molecule has 1 saturated carbocycles. The van der Waals surface area contributed by atoms with Gasteiger partial charge in [-0.2, -0.15) is 0 Å². The maximum atomic E-state index is 11.7. The quantitative estimate of drug-likeness (QED) is 0.816. The lowest BCUT2D eigenvalue weighted by atomic mass is 10.2. The van der Waals surface area contributed by atoms with Crippen LogP contribution in [0.3, 0.4) is 0 Å². The Bertz CT molecular complexity index is 499. The molecule has 0 aromatic carbocycles. The lowest BCUT2D eigenvalue weighted by Crippen LogP contribution is -2.37. The number of amides is 1. The van der Waals surface area contributed by atoms with E-state index in [0.29, 0.717) is 18.3 Å². The normalized spacial score (nSPS) is 14.2. The fraction of sp³-hybridized carbons (Fsp3) is 0.643. The summed E-state index contributed by atoms with van der Waals surface area (Å²) in [5.41, 5.74) is 6.86. The highest BCUT2D eigenvalue weighted by molar-refractivity contribution is 5.81. The van der Waals surface area contributed by atoms with E-state index in [4.69, 9.17) is 5.73 Å². The summed E-state index contributed by atoms with van der Waals surface area (Å²) in [6, 6.07) is 0. The number of hydrogen-bond acceptors (Lipinski definition) is 5. The number of nitrogen functional groups attached to an aromatic ring is 1. The van der Waals surface area contributed by atoms with Gasteiger partial charge in [0.1, 0.15) is 17.5 Å². The van der Waals surface area contributed by atoms with Gasteiger partial charge >= 0.3 is 0 Å². The Morgan fingerprint density at radius 3 is 2.70 bits per heavy atom. The summed E-state index contributed by atoms with van der Waals surface area (Å²) in [6.07, 6.45) is 3.20. The molecule has 6 nitrogen and oxygen atoms in total. The number of rotatable bonds is 6. The second-order valence-electron chi connectivity index (χ2n) is 5.28. The van der Waals surface area contributed by atoms with E-state index in [1.54, 1.807) is 7.05 Å². The van der Waals surface area contributed by atoms with Crippen LogP contribution in [0.5, 0.6) is 0 Å². The van der Waals surface area contributed by atoms with Gasteiger partial charge in [-0.15, -0.1) is 0 Å². The average molecular weight is 277 g/mol. The van der Waals surface area contributed by atoms with E-state index in [2.05, 4.69) is 22.2 Å². The smallest absolute Gasteiger partial charge is 0.239 e. The first-order valence-corrected chi connectivity index (χ1v) is 7.16. The first kappa shape index (κ1) is 14.6. The van der Waals surface area contributed by atoms with Crippen molar-refractivity contribution in [3.8, 4) is 0 Å². The number of likely N-dealkylation sites (N-methyl/N-ethyl adjacent to an activating group) is 1. The lowest BCUT2D eigenvalue weighted by Gasteiger charge is -2.24. The third-order valence-electron chi connectivity index (χ3n) is 3.52. The van der Waals surface area contributed by atoms with Crippen molar-refractivity contribution in [2.75, 3.05) is 30.8 Å². The van der Waals surface area contributed by atoms with Gasteiger partial charge in [-0.3, -0.25) is 4.79 Å². The summed E-state index contributed by atoms with van der Waals surface area (Å²) in [7, 11) is 1.64. The van der Waals surface area contributed by atoms with Crippen LogP contribution in [0.1, 0.15) is 43.5 Å². The minimum Gasteiger partial charge on any atom is -0.383 e. The largest absolute Gasteiger partial charge is 0.383 e. The number of nitrogens with zero attached hydrogens (tertiary/aromatic N) is 3. The maximum absolute atomic E-state index is 11.7. The van der Waals surface area contributed by atoms with Crippen molar-refractivity contribution in [1.82, 2.24) is 15.3 Å². The van der Waals surface area contributed by atoms with Crippen LogP contribution in [0.4, 0.5) is 11.6 Å². The van der Waals surface area contributed by atoms with Gasteiger partial charge in [0.25, 0.3) is 0 Å². The van der Waals surface area contributed by atoms with E-state index in [9.17, 15) is 4.79 Å². The molecular formula is C14H23N5O. The minimum absolute atomic E-state index is 0.0250. The lowest BCUT2D eigenvalue weighted by molar-refractivity contribution is -0.119. The average Bonchev–Trinajstić information content (AvgIpc) is 3.25. The molecular weight excluding hydrogens is 254 g/mol. The first-order valence-electron chi connectivity index (χ1n) is 7.16. The molecule has 110 valence electrons. The summed E-state index contributed by atoms with van der Waals surface area (Å²) in [6.45, 7) is 5.06. The van der Waals surface area contributed by atoms with Crippen LogP contribution in [0.15, 0.2) is 0 Å². The van der Waals surface area contributed by atoms with Crippen LogP contribution in [-0.4, -0.2) is 36.0 Å². The molecule has 0 spiro atoms. The van der Waals surface area contributed by atoms with Crippen LogP contribution in [0, 0.1) is 6.92 Å². The highest BCUT2D eigenvalue weighted by atomic mass is 16.1. The summed E-state index contributed by atoms with van der Waals surface area (Å²) >= 11 is 0. The standard InChI is InChI=1S/C14H23N5O/c1-4-7-19(8-11(20)16-3)14-9(2)12(15)17-13(18-14)10-5-6-10/h10H,4-8H2,1-3H3,(H,16,20)(H2,15,17,18). The van der Waals surface area contributed by atoms with Crippen molar-refractivity contribution < 1.29 is 4.79 Å². The molecule has 1 aromatic rings. The zero-order chi connectivity index (χ0) is 14.7. The maximum Gasteiger partial charge on any atom is 0.239 e. The fourth-order valence-electron chi connectivity index (χ4n) is 2.15. The molecule has 0 radical (unpaired) electrons. The molecule has 0 aliphatic heterocycles. The van der Waals surface area contributed by atoms with Crippen molar-refractivity contribution >= 4 is 17.5 Å². The topological polar surface area (TPSA) is 84.1 Å². The van der Waals surface area contributed by atoms with Gasteiger partial charge in [0.2, 0.25) is 5.91 Å². The fourth-order valence-corrected chi connectivity index (χ4v) is 2.15. The Kier molecular flexibility index (Phi) is 4.42. The van der Waals surface area contributed by atoms with Gasteiger partial charge in [-0.1, -0.05) is 6.92 Å². The molecule has 0 saturated heterocycles. The molecule has 1 aliphatic carbocycles. The third kappa shape index (κ3) is 3.18. The monoisotopic (exact) mass is 277 g/mol. The van der Waals surface area contributed by atoms with Crippen molar-refractivity contribution in [3.63, 3.8) is 0 Å². The predicted octanol–water partition coefficient (Wildman–Crippen LogP) is 1.21. The van der Waals surface area contributed by atoms with Gasteiger partial charge in [0.15, 0.2) is 0 Å². The van der Waals surface area contributed by atoms with Gasteiger partial charge < -0.3 is 16.0 Å². The third-order valence-corrected chi connectivity index (χ3v) is 3.52. The zero-order valence-corrected chi connectivity index (χ0v) is 12.4. The highest BCUT2D eigenvalue weighted by Crippen LogP contribution is 2.39. The zero-order valence-electron chi connectivity index (χ0n) is 12.4. The molecule has 3 N–H and O–H groups in total. The van der Waals surface area contributed by atoms with E-state index in [0.717, 1.165) is 43.0 Å². The van der Waals surface area contributed by atoms with Crippen molar-refractivity contribution in [3.05, 3.63) is 11.4 Å². The Morgan fingerprint density at radius 2 is 2.15 bits per heavy atom. The molecule has 6 heteroatoms. The molecule has 0 bridgehead atoms. The Labute approximate surface area is 119 Å². The molecule has 20 heavy (non-hydrogen) atoms. The number of anilines is 2. The van der Waals surface area contributed by atoms with E-state index in [1.165, 1.54) is 0 Å². The first-order chi connectivity index (χ1) is 9.56. The van der Waals surface area contributed by atoms with Crippen LogP contribution >= 0.6 is 0 Å². The number of nitrogens with one attached hydrogen (secondary N) is 1. The Hall–Kier alpha value is -1.85. The second-order valence-corrected chi connectivity index (χ2v) is 5.28. The van der Waals surface area contributed by atoms with Crippen molar-refractivity contribution in [1.29, 1.82) is 0 Å². The van der Waals surface area contributed by atoms with Crippen LogP contribution in [0.25, 0.3) is 0 Å². The van der Waals surface area contributed by atoms with E-state index < -0.39 is 0 Å². The number of carbonyl (C=O) groups is 1. The van der Waals surface area contributed by atoms with E-state index >= 15 is 0 Å². The molecule has 1 amide bonds. The minimum atomic E-state index is -0.0250. The van der Waals surface area contributed by atoms with Crippen molar-refractivity contribution in [2.45, 2.75) is 39.0 Å². The number of nitrogens with two attached hydrogens (primary N) is 1. The van der Waals surface area contributed by atoms with Crippen LogP contribution < -0.4 is 16.0 Å². The van der Waals surface area contributed by atoms with E-state index in [-0.39, 0.29) is 5.91 Å². The molecule has 1 fully saturated rings. The Balaban J connectivity index is 2.32. The van der Waals surface area contributed by atoms with Crippen LogP contribution in [0.2, 0.25) is 0 Å². The van der Waals surface area contributed by atoms with Crippen LogP contribution in [-0.2, 0) is 4.79 Å². The number of hydrogen-bond donors (Lipinski definition) is 2. The van der Waals surface area contributed by atoms with Gasteiger partial charge in [-0.05, 0) is 26.2 Å². The van der Waals surface area contributed by atoms with Gasteiger partial charge in [0, 0.05) is 25.1 Å². The Morgan fingerprint density at radius 1 is 1.45 bits per heavy atom. The van der Waals surface area contributed by atoms with Gasteiger partial charge in [0.05, 0.1) is 6.54 Å². The SMILES string of the molecule is CCCN(CC(=O)NC)c1nc(C2CC2)nc(N)c1C. The summed E-state index contributed by atoms with van der Waals surface area (Å²) in [5.74, 6) is 2.56. The molecule has 1 heterocycles. The highest BCUT2D eigenvalue weighted by Gasteiger charge is 2.28. The summed E-state index contributed by atoms with van der Waals surface area (Å²) in [4.78, 5) is 22.7. The summed E-state index contributed by atoms with van der Waals surface area (Å²) < 4.78 is 0. The molecule has 0 atom stereocenters. The molecule has 0 unspecified atom stereocenters.